The van der Waals surface area contributed by atoms with Crippen molar-refractivity contribution >= 4 is 27.7 Å². The lowest BCUT2D eigenvalue weighted by Gasteiger charge is -2.39. The number of amides is 2. The molecule has 43 heavy (non-hydrogen) atoms. The summed E-state index contributed by atoms with van der Waals surface area (Å²) in [7, 11) is -2.88. The van der Waals surface area contributed by atoms with Crippen molar-refractivity contribution < 1.29 is 40.2 Å². The minimum atomic E-state index is -4.88. The number of sulfonamides is 1. The Morgan fingerprint density at radius 2 is 1.74 bits per heavy atom. The highest BCUT2D eigenvalue weighted by molar-refractivity contribution is 7.92. The summed E-state index contributed by atoms with van der Waals surface area (Å²) in [6.07, 6.45) is -3.48. The topological polar surface area (TPSA) is 132 Å². The molecule has 3 aromatic rings. The molecule has 3 rings (SSSR count). The van der Waals surface area contributed by atoms with Crippen LogP contribution in [0.15, 0.2) is 51.9 Å². The van der Waals surface area contributed by atoms with Gasteiger partial charge in [-0.3, -0.25) is 4.79 Å². The fourth-order valence-electron chi connectivity index (χ4n) is 5.34. The van der Waals surface area contributed by atoms with E-state index in [1.807, 2.05) is 6.92 Å². The first-order chi connectivity index (χ1) is 19.9. The zero-order valence-electron chi connectivity index (χ0n) is 25.1. The average molecular weight is 624 g/mol. The Hall–Kier alpha value is -3.71. The number of carbonyl (C=O) groups excluding carboxylic acids is 2. The van der Waals surface area contributed by atoms with Gasteiger partial charge in [-0.1, -0.05) is 62.7 Å². The largest absolute Gasteiger partial charge is 0.417 e. The Kier molecular flexibility index (Phi) is 10.1. The predicted octanol–water partition coefficient (Wildman–Crippen LogP) is 5.95. The summed E-state index contributed by atoms with van der Waals surface area (Å²) in [6.45, 7) is 8.37. The number of quaternary nitrogens is 1. The SMILES string of the molecule is CCCCC(=O)[N+](C)(Cc1ccc(-c2ccccc2S(=O)(=O)Nc2onc(C)c2C)c(C(F)(F)F)c1)[C@H](C(N)=O)C(C)C. The van der Waals surface area contributed by atoms with Gasteiger partial charge in [-0.15, -0.1) is 0 Å². The molecule has 2 amide bonds. The van der Waals surface area contributed by atoms with E-state index in [-0.39, 0.29) is 47.4 Å². The number of carbonyl (C=O) groups is 2. The number of unbranched alkanes of at least 4 members (excludes halogenated alkanes) is 1. The number of nitrogens with one attached hydrogen (secondary N) is 1. The van der Waals surface area contributed by atoms with Gasteiger partial charge in [0.1, 0.15) is 6.54 Å². The van der Waals surface area contributed by atoms with E-state index in [9.17, 15) is 31.2 Å². The van der Waals surface area contributed by atoms with E-state index >= 15 is 0 Å². The third-order valence-electron chi connectivity index (χ3n) is 7.60. The van der Waals surface area contributed by atoms with Crippen LogP contribution in [-0.2, 0) is 32.3 Å². The predicted molar refractivity (Wildman–Crippen MR) is 156 cm³/mol. The van der Waals surface area contributed by atoms with Gasteiger partial charge in [-0.2, -0.15) is 13.2 Å². The second-order valence-corrected chi connectivity index (χ2v) is 12.9. The molecule has 1 unspecified atom stereocenters. The van der Waals surface area contributed by atoms with Crippen LogP contribution in [-0.4, -0.2) is 43.0 Å². The molecule has 0 aliphatic heterocycles. The van der Waals surface area contributed by atoms with E-state index in [4.69, 9.17) is 10.3 Å². The number of hydrogen-bond donors (Lipinski definition) is 2. The van der Waals surface area contributed by atoms with Crippen LogP contribution in [0.4, 0.5) is 19.1 Å². The second kappa shape index (κ2) is 12.9. The number of aromatic nitrogens is 1. The third-order valence-corrected chi connectivity index (χ3v) is 8.99. The van der Waals surface area contributed by atoms with Crippen LogP contribution in [0, 0.1) is 19.8 Å². The first kappa shape index (κ1) is 33.8. The van der Waals surface area contributed by atoms with Crippen LogP contribution < -0.4 is 10.5 Å². The van der Waals surface area contributed by atoms with Crippen LogP contribution >= 0.6 is 0 Å². The molecule has 0 saturated heterocycles. The van der Waals surface area contributed by atoms with Gasteiger partial charge in [0.15, 0.2) is 6.04 Å². The zero-order valence-corrected chi connectivity index (χ0v) is 25.9. The molecule has 0 saturated carbocycles. The summed E-state index contributed by atoms with van der Waals surface area (Å²) < 4.78 is 77.3. The van der Waals surface area contributed by atoms with Crippen molar-refractivity contribution in [1.82, 2.24) is 5.16 Å². The molecule has 2 aromatic carbocycles. The number of alkyl halides is 3. The number of hydrogen-bond acceptors (Lipinski definition) is 6. The summed E-state index contributed by atoms with van der Waals surface area (Å²) in [4.78, 5) is 25.5. The monoisotopic (exact) mass is 623 g/mol. The number of primary amides is 1. The van der Waals surface area contributed by atoms with Crippen molar-refractivity contribution in [2.24, 2.45) is 11.7 Å². The highest BCUT2D eigenvalue weighted by Gasteiger charge is 2.45. The van der Waals surface area contributed by atoms with E-state index in [0.717, 1.165) is 6.07 Å². The maximum atomic E-state index is 14.6. The van der Waals surface area contributed by atoms with Gasteiger partial charge in [-0.25, -0.2) is 22.4 Å². The van der Waals surface area contributed by atoms with Crippen LogP contribution in [0.3, 0.4) is 0 Å². The Morgan fingerprint density at radius 1 is 1.09 bits per heavy atom. The van der Waals surface area contributed by atoms with Gasteiger partial charge in [0.25, 0.3) is 15.9 Å². The normalized spacial score (nSPS) is 14.4. The molecule has 0 fully saturated rings. The molecular formula is C30H38F3N4O5S+. The molecule has 3 N–H and O–H groups in total. The number of halogens is 3. The smallest absolute Gasteiger partial charge is 0.364 e. The van der Waals surface area contributed by atoms with E-state index in [1.165, 1.54) is 43.4 Å². The fourth-order valence-corrected chi connectivity index (χ4v) is 6.61. The Morgan fingerprint density at radius 3 is 2.28 bits per heavy atom. The molecule has 9 nitrogen and oxygen atoms in total. The quantitative estimate of drug-likeness (QED) is 0.240. The fraction of sp³-hybridized carbons (Fsp3) is 0.433. The summed E-state index contributed by atoms with van der Waals surface area (Å²) in [6, 6.07) is 7.85. The molecule has 0 bridgehead atoms. The van der Waals surface area contributed by atoms with E-state index in [0.29, 0.717) is 24.1 Å². The van der Waals surface area contributed by atoms with Gasteiger partial charge in [0.05, 0.1) is 29.6 Å². The van der Waals surface area contributed by atoms with E-state index in [1.54, 1.807) is 27.7 Å². The number of nitrogens with zero attached hydrogens (tertiary/aromatic N) is 2. The lowest BCUT2D eigenvalue weighted by molar-refractivity contribution is -0.868. The molecular weight excluding hydrogens is 585 g/mol. The first-order valence-electron chi connectivity index (χ1n) is 13.9. The van der Waals surface area contributed by atoms with Crippen molar-refractivity contribution in [3.63, 3.8) is 0 Å². The van der Waals surface area contributed by atoms with E-state index < -0.39 is 43.1 Å². The molecule has 0 radical (unpaired) electrons. The van der Waals surface area contributed by atoms with Crippen molar-refractivity contribution in [2.75, 3.05) is 11.8 Å². The summed E-state index contributed by atoms with van der Waals surface area (Å²) in [5, 5.41) is 3.72. The van der Waals surface area contributed by atoms with Crippen molar-refractivity contribution in [1.29, 1.82) is 0 Å². The van der Waals surface area contributed by atoms with Crippen LogP contribution in [0.1, 0.15) is 62.4 Å². The van der Waals surface area contributed by atoms with Crippen molar-refractivity contribution in [2.45, 2.75) is 77.5 Å². The lowest BCUT2D eigenvalue weighted by atomic mass is 9.94. The summed E-state index contributed by atoms with van der Waals surface area (Å²) >= 11 is 0. The number of benzene rings is 2. The van der Waals surface area contributed by atoms with Gasteiger partial charge < -0.3 is 10.3 Å². The zero-order chi connectivity index (χ0) is 32.3. The lowest BCUT2D eigenvalue weighted by Crippen LogP contribution is -2.62. The first-order valence-corrected chi connectivity index (χ1v) is 15.4. The summed E-state index contributed by atoms with van der Waals surface area (Å²) in [5.74, 6) is -1.54. The van der Waals surface area contributed by atoms with Crippen molar-refractivity contribution in [3.8, 4) is 11.1 Å². The minimum Gasteiger partial charge on any atom is -0.364 e. The molecule has 234 valence electrons. The standard InChI is InChI=1S/C30H37F3N4O5S/c1-7-8-13-26(38)37(6,27(18(2)3)28(34)39)17-21-14-15-22(24(16-21)30(31,32)33)23-11-9-10-12-25(23)43(40,41)36-29-19(4)20(5)35-42-29/h9-12,14-16,18,27H,7-8,13,17H2,1-6H3,(H2-,34,35,36,39)/p+1/t27-,37?/m0/s1. The third kappa shape index (κ3) is 7.27. The highest BCUT2D eigenvalue weighted by atomic mass is 32.2. The Labute approximate surface area is 249 Å². The van der Waals surface area contributed by atoms with Crippen LogP contribution in [0.5, 0.6) is 0 Å². The Bertz CT molecular complexity index is 1600. The molecule has 0 spiro atoms. The number of anilines is 1. The maximum Gasteiger partial charge on any atom is 0.417 e. The summed E-state index contributed by atoms with van der Waals surface area (Å²) in [5.41, 5.74) is 5.09. The molecule has 0 aliphatic carbocycles. The second-order valence-electron chi connectivity index (χ2n) is 11.2. The van der Waals surface area contributed by atoms with Gasteiger partial charge in [0, 0.05) is 22.6 Å². The number of aryl methyl sites for hydroxylation is 1. The van der Waals surface area contributed by atoms with Gasteiger partial charge in [-0.05, 0) is 38.0 Å². The molecule has 1 aromatic heterocycles. The molecule has 13 heteroatoms. The Balaban J connectivity index is 2.16. The van der Waals surface area contributed by atoms with Gasteiger partial charge in [0.2, 0.25) is 5.88 Å². The van der Waals surface area contributed by atoms with Crippen molar-refractivity contribution in [3.05, 3.63) is 64.8 Å². The van der Waals surface area contributed by atoms with Gasteiger partial charge >= 0.3 is 12.1 Å². The maximum absolute atomic E-state index is 14.6. The number of nitrogens with two attached hydrogens (primary N) is 1. The molecule has 2 atom stereocenters. The van der Waals surface area contributed by atoms with Crippen LogP contribution in [0.2, 0.25) is 0 Å². The minimum absolute atomic E-state index is 0.135. The average Bonchev–Trinajstić information content (AvgIpc) is 3.22. The van der Waals surface area contributed by atoms with Crippen LogP contribution in [0.25, 0.3) is 11.1 Å². The highest BCUT2D eigenvalue weighted by Crippen LogP contribution is 2.41. The molecule has 0 aliphatic rings. The van der Waals surface area contributed by atoms with E-state index in [2.05, 4.69) is 9.88 Å². The number of rotatable bonds is 12. The number of likely N-dealkylation sites (N-methyl/N-ethyl adjacent to an activating group) is 1. The molecule has 1 heterocycles.